The Morgan fingerprint density at radius 1 is 1.53 bits per heavy atom. The van der Waals surface area contributed by atoms with Gasteiger partial charge in [0.05, 0.1) is 12.3 Å². The van der Waals surface area contributed by atoms with E-state index in [0.29, 0.717) is 6.04 Å². The van der Waals surface area contributed by atoms with Crippen molar-refractivity contribution in [1.82, 2.24) is 15.1 Å². The summed E-state index contributed by atoms with van der Waals surface area (Å²) in [5, 5.41) is 3.54. The average Bonchev–Trinajstić information content (AvgIpc) is 3.00. The minimum Gasteiger partial charge on any atom is -0.468 e. The van der Waals surface area contributed by atoms with Gasteiger partial charge in [-0.3, -0.25) is 4.90 Å². The smallest absolute Gasteiger partial charge is 0.120 e. The molecule has 1 aliphatic heterocycles. The Kier molecular flexibility index (Phi) is 5.43. The quantitative estimate of drug-likeness (QED) is 0.816. The highest BCUT2D eigenvalue weighted by Gasteiger charge is 2.24. The molecule has 0 spiro atoms. The summed E-state index contributed by atoms with van der Waals surface area (Å²) in [6.07, 6.45) is 4.42. The van der Waals surface area contributed by atoms with Crippen LogP contribution in [0.15, 0.2) is 22.8 Å². The molecular weight excluding hydrogens is 238 g/mol. The Morgan fingerprint density at radius 3 is 3.05 bits per heavy atom. The molecule has 0 aromatic carbocycles. The van der Waals surface area contributed by atoms with Crippen LogP contribution in [0, 0.1) is 0 Å². The fourth-order valence-corrected chi connectivity index (χ4v) is 2.88. The molecule has 0 radical (unpaired) electrons. The number of rotatable bonds is 7. The number of likely N-dealkylation sites (tertiary alicyclic amines) is 1. The number of hydrogen-bond donors (Lipinski definition) is 1. The molecule has 1 N–H and O–H groups in total. The number of furan rings is 1. The largest absolute Gasteiger partial charge is 0.468 e. The maximum atomic E-state index is 5.41. The predicted molar refractivity (Wildman–Crippen MR) is 78.3 cm³/mol. The zero-order valence-electron chi connectivity index (χ0n) is 12.4. The van der Waals surface area contributed by atoms with E-state index in [2.05, 4.69) is 36.1 Å². The maximum absolute atomic E-state index is 5.41. The topological polar surface area (TPSA) is 31.6 Å². The molecule has 1 aliphatic rings. The normalized spacial score (nSPS) is 22.2. The van der Waals surface area contributed by atoms with Crippen molar-refractivity contribution in [1.29, 1.82) is 0 Å². The van der Waals surface area contributed by atoms with Gasteiger partial charge in [-0.15, -0.1) is 0 Å². The van der Waals surface area contributed by atoms with Crippen LogP contribution < -0.4 is 5.32 Å². The van der Waals surface area contributed by atoms with Crippen molar-refractivity contribution in [2.45, 2.75) is 31.8 Å². The molecule has 108 valence electrons. The lowest BCUT2D eigenvalue weighted by Gasteiger charge is -2.27. The molecule has 1 fully saturated rings. The van der Waals surface area contributed by atoms with Crippen LogP contribution in [0.4, 0.5) is 0 Å². The summed E-state index contributed by atoms with van der Waals surface area (Å²) < 4.78 is 5.41. The molecule has 1 saturated heterocycles. The fraction of sp³-hybridized carbons (Fsp3) is 0.733. The molecule has 2 heterocycles. The lowest BCUT2D eigenvalue weighted by molar-refractivity contribution is 0.206. The van der Waals surface area contributed by atoms with Gasteiger partial charge in [0.1, 0.15) is 5.76 Å². The van der Waals surface area contributed by atoms with Crippen LogP contribution in [0.3, 0.4) is 0 Å². The van der Waals surface area contributed by atoms with Gasteiger partial charge in [0, 0.05) is 25.7 Å². The maximum Gasteiger partial charge on any atom is 0.120 e. The van der Waals surface area contributed by atoms with Crippen molar-refractivity contribution < 1.29 is 4.42 Å². The lowest BCUT2D eigenvalue weighted by Crippen LogP contribution is -2.41. The van der Waals surface area contributed by atoms with Crippen molar-refractivity contribution in [3.8, 4) is 0 Å². The number of nitrogens with one attached hydrogen (secondary N) is 1. The minimum absolute atomic E-state index is 0.296. The second-order valence-corrected chi connectivity index (χ2v) is 5.79. The van der Waals surface area contributed by atoms with Crippen molar-refractivity contribution in [3.63, 3.8) is 0 Å². The summed E-state index contributed by atoms with van der Waals surface area (Å²) in [7, 11) is 4.32. The summed E-state index contributed by atoms with van der Waals surface area (Å²) in [5.41, 5.74) is 0. The Labute approximate surface area is 116 Å². The molecule has 0 saturated carbocycles. The zero-order valence-corrected chi connectivity index (χ0v) is 12.4. The third-order valence-electron chi connectivity index (χ3n) is 3.89. The van der Waals surface area contributed by atoms with Gasteiger partial charge in [0.15, 0.2) is 0 Å². The lowest BCUT2D eigenvalue weighted by atomic mass is 10.2. The van der Waals surface area contributed by atoms with Gasteiger partial charge in [-0.2, -0.15) is 0 Å². The van der Waals surface area contributed by atoms with Gasteiger partial charge in [0.2, 0.25) is 0 Å². The molecule has 4 nitrogen and oxygen atoms in total. The van der Waals surface area contributed by atoms with Gasteiger partial charge in [-0.05, 0) is 52.5 Å². The molecule has 4 heteroatoms. The molecule has 0 aliphatic carbocycles. The van der Waals surface area contributed by atoms with Crippen LogP contribution >= 0.6 is 0 Å². The first kappa shape index (κ1) is 14.6. The minimum atomic E-state index is 0.296. The first-order valence-corrected chi connectivity index (χ1v) is 7.32. The van der Waals surface area contributed by atoms with Crippen LogP contribution in [0.5, 0.6) is 0 Å². The molecule has 19 heavy (non-hydrogen) atoms. The van der Waals surface area contributed by atoms with Crippen molar-refractivity contribution >= 4 is 0 Å². The highest BCUT2D eigenvalue weighted by atomic mass is 16.3. The van der Waals surface area contributed by atoms with Gasteiger partial charge in [-0.25, -0.2) is 0 Å². The van der Waals surface area contributed by atoms with Crippen molar-refractivity contribution in [3.05, 3.63) is 24.2 Å². The molecule has 0 amide bonds. The summed E-state index contributed by atoms with van der Waals surface area (Å²) >= 11 is 0. The predicted octanol–water partition coefficient (Wildman–Crippen LogP) is 1.96. The first-order valence-electron chi connectivity index (χ1n) is 7.32. The fourth-order valence-electron chi connectivity index (χ4n) is 2.88. The molecular formula is C15H27N3O. The van der Waals surface area contributed by atoms with E-state index in [1.165, 1.54) is 25.9 Å². The second-order valence-electron chi connectivity index (χ2n) is 5.79. The zero-order chi connectivity index (χ0) is 13.7. The van der Waals surface area contributed by atoms with E-state index in [-0.39, 0.29) is 0 Å². The third-order valence-corrected chi connectivity index (χ3v) is 3.89. The number of hydrogen-bond acceptors (Lipinski definition) is 4. The summed E-state index contributed by atoms with van der Waals surface area (Å²) in [6, 6.07) is 5.00. The van der Waals surface area contributed by atoms with Crippen LogP contribution in [-0.4, -0.2) is 56.1 Å². The Bertz CT molecular complexity index is 350. The van der Waals surface area contributed by atoms with Crippen molar-refractivity contribution in [2.24, 2.45) is 0 Å². The van der Waals surface area contributed by atoms with Crippen molar-refractivity contribution in [2.75, 3.05) is 40.3 Å². The van der Waals surface area contributed by atoms with E-state index < -0.39 is 0 Å². The number of likely N-dealkylation sites (N-methyl/N-ethyl adjacent to an activating group) is 1. The molecule has 1 aromatic heterocycles. The molecule has 2 rings (SSSR count). The van der Waals surface area contributed by atoms with Gasteiger partial charge < -0.3 is 14.6 Å². The summed E-state index contributed by atoms with van der Waals surface area (Å²) in [6.45, 7) is 6.72. The molecule has 2 atom stereocenters. The van der Waals surface area contributed by atoms with Crippen LogP contribution in [0.2, 0.25) is 0 Å². The van der Waals surface area contributed by atoms with Crippen LogP contribution in [0.1, 0.15) is 31.6 Å². The second kappa shape index (κ2) is 7.08. The SMILES string of the molecule is CC(NCCN1CCCC1CN(C)C)c1ccco1. The van der Waals surface area contributed by atoms with Gasteiger partial charge >= 0.3 is 0 Å². The molecule has 2 unspecified atom stereocenters. The van der Waals surface area contributed by atoms with Gasteiger partial charge in [-0.1, -0.05) is 0 Å². The van der Waals surface area contributed by atoms with E-state index in [1.807, 2.05) is 12.1 Å². The Hall–Kier alpha value is -0.840. The highest BCUT2D eigenvalue weighted by Crippen LogP contribution is 2.17. The highest BCUT2D eigenvalue weighted by molar-refractivity contribution is 5.02. The van der Waals surface area contributed by atoms with E-state index >= 15 is 0 Å². The summed E-state index contributed by atoms with van der Waals surface area (Å²) in [5.74, 6) is 1.02. The van der Waals surface area contributed by atoms with Crippen LogP contribution in [0.25, 0.3) is 0 Å². The monoisotopic (exact) mass is 265 g/mol. The van der Waals surface area contributed by atoms with E-state index in [0.717, 1.165) is 24.9 Å². The first-order chi connectivity index (χ1) is 9.16. The third kappa shape index (κ3) is 4.34. The standard InChI is InChI=1S/C15H27N3O/c1-13(15-7-5-11-19-15)16-8-10-18-9-4-6-14(18)12-17(2)3/h5,7,11,13-14,16H,4,6,8-10,12H2,1-3H3. The molecule has 0 bridgehead atoms. The van der Waals surface area contributed by atoms with E-state index in [9.17, 15) is 0 Å². The van der Waals surface area contributed by atoms with E-state index in [4.69, 9.17) is 4.42 Å². The van der Waals surface area contributed by atoms with Crippen LogP contribution in [-0.2, 0) is 0 Å². The summed E-state index contributed by atoms with van der Waals surface area (Å²) in [4.78, 5) is 4.91. The molecule has 1 aromatic rings. The van der Waals surface area contributed by atoms with Gasteiger partial charge in [0.25, 0.3) is 0 Å². The Balaban J connectivity index is 1.70. The number of nitrogens with zero attached hydrogens (tertiary/aromatic N) is 2. The average molecular weight is 265 g/mol. The Morgan fingerprint density at radius 2 is 2.37 bits per heavy atom. The van der Waals surface area contributed by atoms with E-state index in [1.54, 1.807) is 6.26 Å².